The molecular weight excluding hydrogens is 254 g/mol. The lowest BCUT2D eigenvalue weighted by Gasteiger charge is -2.35. The summed E-state index contributed by atoms with van der Waals surface area (Å²) in [6.07, 6.45) is 6.64. The van der Waals surface area contributed by atoms with Crippen molar-refractivity contribution in [3.8, 4) is 0 Å². The number of fused-ring (bicyclic) bond motifs is 1. The number of aromatic nitrogens is 4. The van der Waals surface area contributed by atoms with E-state index >= 15 is 0 Å². The lowest BCUT2D eigenvalue weighted by molar-refractivity contribution is -0.134. The summed E-state index contributed by atoms with van der Waals surface area (Å²) in [5.74, 6) is 0.227. The van der Waals surface area contributed by atoms with Gasteiger partial charge in [0.1, 0.15) is 12.7 Å². The third kappa shape index (κ3) is 2.45. The Hall–Kier alpha value is -2.11. The molecule has 1 atom stereocenters. The van der Waals surface area contributed by atoms with Crippen LogP contribution in [0.3, 0.4) is 0 Å². The Morgan fingerprint density at radius 3 is 3.15 bits per heavy atom. The molecule has 0 aromatic carbocycles. The molecule has 2 aromatic heterocycles. The molecule has 1 unspecified atom stereocenters. The van der Waals surface area contributed by atoms with Gasteiger partial charge in [-0.15, -0.1) is 0 Å². The maximum absolute atomic E-state index is 12.3. The van der Waals surface area contributed by atoms with Crippen LogP contribution in [-0.2, 0) is 17.9 Å². The van der Waals surface area contributed by atoms with E-state index in [1.165, 1.54) is 12.0 Å². The first kappa shape index (κ1) is 12.9. The molecule has 1 aliphatic heterocycles. The van der Waals surface area contributed by atoms with E-state index in [0.717, 1.165) is 26.1 Å². The minimum absolute atomic E-state index is 0.164. The number of carbonyl (C=O) groups is 1. The third-order valence-electron chi connectivity index (χ3n) is 3.91. The fourth-order valence-corrected chi connectivity index (χ4v) is 2.80. The normalized spacial score (nSPS) is 18.1. The van der Waals surface area contributed by atoms with Gasteiger partial charge in [-0.1, -0.05) is 0 Å². The molecule has 0 saturated heterocycles. The quantitative estimate of drug-likeness (QED) is 0.847. The van der Waals surface area contributed by atoms with Gasteiger partial charge in [-0.25, -0.2) is 4.98 Å². The van der Waals surface area contributed by atoms with Gasteiger partial charge in [-0.2, -0.15) is 5.10 Å². The molecule has 106 valence electrons. The van der Waals surface area contributed by atoms with E-state index in [1.807, 2.05) is 11.0 Å². The third-order valence-corrected chi connectivity index (χ3v) is 3.91. The first-order chi connectivity index (χ1) is 9.75. The van der Waals surface area contributed by atoms with Crippen LogP contribution < -0.4 is 0 Å². The highest BCUT2D eigenvalue weighted by Crippen LogP contribution is 2.25. The lowest BCUT2D eigenvalue weighted by atomic mass is 10.1. The van der Waals surface area contributed by atoms with Crippen LogP contribution in [0.1, 0.15) is 31.5 Å². The Balaban J connectivity index is 1.55. The van der Waals surface area contributed by atoms with E-state index in [4.69, 9.17) is 0 Å². The largest absolute Gasteiger partial charge is 0.348 e. The number of hydrogen-bond acceptors (Lipinski definition) is 3. The van der Waals surface area contributed by atoms with Gasteiger partial charge in [0.2, 0.25) is 5.91 Å². The molecule has 0 N–H and O–H groups in total. The molecule has 2 aromatic rings. The molecule has 20 heavy (non-hydrogen) atoms. The summed E-state index contributed by atoms with van der Waals surface area (Å²) in [5, 5.41) is 4.04. The Morgan fingerprint density at radius 1 is 1.45 bits per heavy atom. The Kier molecular flexibility index (Phi) is 3.54. The summed E-state index contributed by atoms with van der Waals surface area (Å²) >= 11 is 0. The molecule has 1 amide bonds. The molecule has 0 spiro atoms. The van der Waals surface area contributed by atoms with Crippen LogP contribution in [-0.4, -0.2) is 36.7 Å². The molecule has 3 rings (SSSR count). The van der Waals surface area contributed by atoms with Crippen LogP contribution >= 0.6 is 0 Å². The molecule has 6 heteroatoms. The molecule has 0 saturated carbocycles. The van der Waals surface area contributed by atoms with E-state index in [9.17, 15) is 4.79 Å². The van der Waals surface area contributed by atoms with Crippen LogP contribution in [0.5, 0.6) is 0 Å². The average Bonchev–Trinajstić information content (AvgIpc) is 3.09. The van der Waals surface area contributed by atoms with Crippen LogP contribution in [0.2, 0.25) is 0 Å². The number of hydrogen-bond donors (Lipinski definition) is 0. The molecule has 0 bridgehead atoms. The Bertz CT molecular complexity index is 574. The summed E-state index contributed by atoms with van der Waals surface area (Å²) in [6, 6.07) is 4.31. The van der Waals surface area contributed by atoms with Gasteiger partial charge in [-0.05, 0) is 25.5 Å². The standard InChI is InChI=1S/C14H19N5O/c1-12-13-4-2-6-17(13)8-9-19(12)14(20)5-3-7-18-11-15-10-16-18/h2,4,6,10-12H,3,5,7-9H2,1H3. The molecule has 3 heterocycles. The van der Waals surface area contributed by atoms with Gasteiger partial charge in [0, 0.05) is 37.9 Å². The van der Waals surface area contributed by atoms with Crippen LogP contribution in [0.15, 0.2) is 31.0 Å². The summed E-state index contributed by atoms with van der Waals surface area (Å²) in [5.41, 5.74) is 1.22. The lowest BCUT2D eigenvalue weighted by Crippen LogP contribution is -2.40. The molecular formula is C14H19N5O. The summed E-state index contributed by atoms with van der Waals surface area (Å²) in [7, 11) is 0. The SMILES string of the molecule is CC1c2cccn2CCN1C(=O)CCCn1cncn1. The second-order valence-corrected chi connectivity index (χ2v) is 5.15. The number of carbonyl (C=O) groups excluding carboxylic acids is 1. The van der Waals surface area contributed by atoms with E-state index in [1.54, 1.807) is 11.0 Å². The van der Waals surface area contributed by atoms with Gasteiger partial charge in [0.15, 0.2) is 0 Å². The predicted octanol–water partition coefficient (Wildman–Crippen LogP) is 1.46. The van der Waals surface area contributed by atoms with E-state index in [2.05, 4.69) is 33.8 Å². The van der Waals surface area contributed by atoms with Crippen molar-refractivity contribution in [3.05, 3.63) is 36.7 Å². The fraction of sp³-hybridized carbons (Fsp3) is 0.500. The van der Waals surface area contributed by atoms with Crippen LogP contribution in [0, 0.1) is 0 Å². The zero-order valence-electron chi connectivity index (χ0n) is 11.6. The highest BCUT2D eigenvalue weighted by molar-refractivity contribution is 5.76. The van der Waals surface area contributed by atoms with Gasteiger partial charge in [0.05, 0.1) is 6.04 Å². The molecule has 0 radical (unpaired) electrons. The van der Waals surface area contributed by atoms with E-state index < -0.39 is 0 Å². The monoisotopic (exact) mass is 273 g/mol. The maximum Gasteiger partial charge on any atom is 0.223 e. The number of aryl methyl sites for hydroxylation is 1. The summed E-state index contributed by atoms with van der Waals surface area (Å²) < 4.78 is 3.99. The minimum Gasteiger partial charge on any atom is -0.348 e. The number of nitrogens with zero attached hydrogens (tertiary/aromatic N) is 5. The predicted molar refractivity (Wildman–Crippen MR) is 73.8 cm³/mol. The number of amides is 1. The highest BCUT2D eigenvalue weighted by Gasteiger charge is 2.26. The highest BCUT2D eigenvalue weighted by atomic mass is 16.2. The van der Waals surface area contributed by atoms with Gasteiger partial charge >= 0.3 is 0 Å². The molecule has 0 aliphatic carbocycles. The Morgan fingerprint density at radius 2 is 2.35 bits per heavy atom. The minimum atomic E-state index is 0.164. The molecule has 1 aliphatic rings. The second-order valence-electron chi connectivity index (χ2n) is 5.15. The first-order valence-corrected chi connectivity index (χ1v) is 7.02. The Labute approximate surface area is 118 Å². The fourth-order valence-electron chi connectivity index (χ4n) is 2.80. The topological polar surface area (TPSA) is 56.0 Å². The van der Waals surface area contributed by atoms with Crippen LogP contribution in [0.4, 0.5) is 0 Å². The molecule has 0 fully saturated rings. The van der Waals surface area contributed by atoms with Crippen molar-refractivity contribution in [2.75, 3.05) is 6.54 Å². The van der Waals surface area contributed by atoms with Crippen molar-refractivity contribution in [1.82, 2.24) is 24.2 Å². The van der Waals surface area contributed by atoms with Crippen molar-refractivity contribution in [2.24, 2.45) is 0 Å². The smallest absolute Gasteiger partial charge is 0.223 e. The second kappa shape index (κ2) is 5.48. The summed E-state index contributed by atoms with van der Waals surface area (Å²) in [4.78, 5) is 18.2. The zero-order valence-corrected chi connectivity index (χ0v) is 11.6. The van der Waals surface area contributed by atoms with Crippen molar-refractivity contribution in [2.45, 2.75) is 38.9 Å². The zero-order chi connectivity index (χ0) is 13.9. The average molecular weight is 273 g/mol. The number of rotatable bonds is 4. The van der Waals surface area contributed by atoms with Gasteiger partial charge < -0.3 is 9.47 Å². The van der Waals surface area contributed by atoms with Crippen molar-refractivity contribution >= 4 is 5.91 Å². The first-order valence-electron chi connectivity index (χ1n) is 7.02. The maximum atomic E-state index is 12.3. The summed E-state index contributed by atoms with van der Waals surface area (Å²) in [6.45, 7) is 4.52. The van der Waals surface area contributed by atoms with Crippen molar-refractivity contribution < 1.29 is 4.79 Å². The van der Waals surface area contributed by atoms with Crippen molar-refractivity contribution in [1.29, 1.82) is 0 Å². The van der Waals surface area contributed by atoms with Crippen molar-refractivity contribution in [3.63, 3.8) is 0 Å². The van der Waals surface area contributed by atoms with Gasteiger partial charge in [0.25, 0.3) is 0 Å². The van der Waals surface area contributed by atoms with Gasteiger partial charge in [-0.3, -0.25) is 9.48 Å². The molecule has 6 nitrogen and oxygen atoms in total. The van der Waals surface area contributed by atoms with E-state index in [-0.39, 0.29) is 11.9 Å². The van der Waals surface area contributed by atoms with Crippen LogP contribution in [0.25, 0.3) is 0 Å². The van der Waals surface area contributed by atoms with E-state index in [0.29, 0.717) is 6.42 Å².